The number of halogens is 1. The van der Waals surface area contributed by atoms with E-state index in [0.29, 0.717) is 17.4 Å². The van der Waals surface area contributed by atoms with Gasteiger partial charge in [-0.05, 0) is 18.6 Å². The normalized spacial score (nSPS) is 12.5. The van der Waals surface area contributed by atoms with E-state index in [4.69, 9.17) is 22.1 Å². The molecule has 0 heterocycles. The van der Waals surface area contributed by atoms with Gasteiger partial charge in [-0.3, -0.25) is 0 Å². The van der Waals surface area contributed by atoms with Crippen LogP contribution in [0.3, 0.4) is 0 Å². The first-order chi connectivity index (χ1) is 6.24. The molecule has 13 heavy (non-hydrogen) atoms. The second-order valence-electron chi connectivity index (χ2n) is 2.91. The van der Waals surface area contributed by atoms with Crippen LogP contribution in [0, 0.1) is 0 Å². The van der Waals surface area contributed by atoms with E-state index in [9.17, 15) is 0 Å². The molecule has 0 aromatic heterocycles. The molecule has 0 aliphatic heterocycles. The highest BCUT2D eigenvalue weighted by Crippen LogP contribution is 2.22. The maximum atomic E-state index is 5.89. The van der Waals surface area contributed by atoms with Crippen LogP contribution in [0.4, 0.5) is 0 Å². The van der Waals surface area contributed by atoms with E-state index >= 15 is 0 Å². The number of hydrogen-bond acceptors (Lipinski definition) is 2. The molecule has 72 valence electrons. The largest absolute Gasteiger partial charge is 0.490 e. The van der Waals surface area contributed by atoms with E-state index < -0.39 is 0 Å². The summed E-state index contributed by atoms with van der Waals surface area (Å²) < 4.78 is 5.43. The van der Waals surface area contributed by atoms with E-state index in [1.165, 1.54) is 0 Å². The van der Waals surface area contributed by atoms with Gasteiger partial charge in [-0.2, -0.15) is 0 Å². The number of ether oxygens (including phenoxy) is 1. The van der Waals surface area contributed by atoms with Crippen molar-refractivity contribution in [2.75, 3.05) is 6.61 Å². The van der Waals surface area contributed by atoms with Crippen LogP contribution in [0.1, 0.15) is 13.3 Å². The van der Waals surface area contributed by atoms with Crippen LogP contribution >= 0.6 is 11.6 Å². The lowest BCUT2D eigenvalue weighted by atomic mass is 10.2. The molecular formula is C10H14ClNO. The van der Waals surface area contributed by atoms with Crippen LogP contribution in [0.2, 0.25) is 5.02 Å². The van der Waals surface area contributed by atoms with Gasteiger partial charge in [0.2, 0.25) is 0 Å². The highest BCUT2D eigenvalue weighted by atomic mass is 35.5. The Morgan fingerprint density at radius 2 is 2.15 bits per heavy atom. The first-order valence-electron chi connectivity index (χ1n) is 4.37. The van der Waals surface area contributed by atoms with Gasteiger partial charge in [-0.1, -0.05) is 30.7 Å². The molecule has 1 aromatic rings. The fraction of sp³-hybridized carbons (Fsp3) is 0.400. The zero-order chi connectivity index (χ0) is 9.68. The van der Waals surface area contributed by atoms with Gasteiger partial charge in [0.05, 0.1) is 5.02 Å². The van der Waals surface area contributed by atoms with E-state index in [2.05, 4.69) is 0 Å². The first kappa shape index (κ1) is 10.4. The molecule has 0 aliphatic rings. The summed E-state index contributed by atoms with van der Waals surface area (Å²) in [6.07, 6.45) is 0.907. The van der Waals surface area contributed by atoms with Crippen LogP contribution in [0.5, 0.6) is 5.75 Å². The Balaban J connectivity index is 2.50. The molecule has 2 nitrogen and oxygen atoms in total. The van der Waals surface area contributed by atoms with Gasteiger partial charge >= 0.3 is 0 Å². The minimum absolute atomic E-state index is 0.0799. The highest BCUT2D eigenvalue weighted by molar-refractivity contribution is 6.32. The van der Waals surface area contributed by atoms with E-state index in [-0.39, 0.29) is 6.04 Å². The van der Waals surface area contributed by atoms with Crippen molar-refractivity contribution in [3.8, 4) is 5.75 Å². The second kappa shape index (κ2) is 5.10. The molecule has 1 unspecified atom stereocenters. The molecule has 1 rings (SSSR count). The zero-order valence-corrected chi connectivity index (χ0v) is 8.42. The van der Waals surface area contributed by atoms with Crippen LogP contribution in [0.15, 0.2) is 24.3 Å². The Labute approximate surface area is 83.6 Å². The third-order valence-corrected chi connectivity index (χ3v) is 2.13. The molecule has 1 aromatic carbocycles. The third kappa shape index (κ3) is 3.25. The summed E-state index contributed by atoms with van der Waals surface area (Å²) in [6.45, 7) is 2.54. The first-order valence-corrected chi connectivity index (χ1v) is 4.74. The molecule has 0 fully saturated rings. The Bertz CT molecular complexity index is 265. The SMILES string of the molecule is CCC(N)COc1ccccc1Cl. The second-order valence-corrected chi connectivity index (χ2v) is 3.32. The van der Waals surface area contributed by atoms with Crippen LogP contribution in [0.25, 0.3) is 0 Å². The lowest BCUT2D eigenvalue weighted by Crippen LogP contribution is -2.26. The van der Waals surface area contributed by atoms with E-state index in [1.807, 2.05) is 25.1 Å². The molecule has 0 radical (unpaired) electrons. The number of hydrogen-bond donors (Lipinski definition) is 1. The highest BCUT2D eigenvalue weighted by Gasteiger charge is 2.02. The van der Waals surface area contributed by atoms with Gasteiger partial charge in [-0.15, -0.1) is 0 Å². The molecule has 3 heteroatoms. The minimum Gasteiger partial charge on any atom is -0.490 e. The quantitative estimate of drug-likeness (QED) is 0.809. The maximum absolute atomic E-state index is 5.89. The number of nitrogens with two attached hydrogens (primary N) is 1. The van der Waals surface area contributed by atoms with Gasteiger partial charge in [0, 0.05) is 6.04 Å². The number of para-hydroxylation sites is 1. The van der Waals surface area contributed by atoms with E-state index in [1.54, 1.807) is 6.07 Å². The molecule has 1 atom stereocenters. The van der Waals surface area contributed by atoms with Crippen molar-refractivity contribution in [1.29, 1.82) is 0 Å². The molecule has 0 aliphatic carbocycles. The molecule has 0 spiro atoms. The van der Waals surface area contributed by atoms with Crippen molar-refractivity contribution in [2.24, 2.45) is 5.73 Å². The molecule has 2 N–H and O–H groups in total. The van der Waals surface area contributed by atoms with Crippen molar-refractivity contribution < 1.29 is 4.74 Å². The number of benzene rings is 1. The number of rotatable bonds is 4. The third-order valence-electron chi connectivity index (χ3n) is 1.81. The Morgan fingerprint density at radius 1 is 1.46 bits per heavy atom. The molecule has 0 saturated carbocycles. The topological polar surface area (TPSA) is 35.2 Å². The lowest BCUT2D eigenvalue weighted by Gasteiger charge is -2.11. The van der Waals surface area contributed by atoms with Gasteiger partial charge in [-0.25, -0.2) is 0 Å². The Hall–Kier alpha value is -0.730. The van der Waals surface area contributed by atoms with Crippen LogP contribution in [-0.2, 0) is 0 Å². The molecule has 0 bridgehead atoms. The average Bonchev–Trinajstić information content (AvgIpc) is 2.16. The summed E-state index contributed by atoms with van der Waals surface area (Å²) in [7, 11) is 0. The van der Waals surface area contributed by atoms with Gasteiger partial charge in [0.15, 0.2) is 0 Å². The molecule has 0 saturated heterocycles. The van der Waals surface area contributed by atoms with Crippen LogP contribution in [-0.4, -0.2) is 12.6 Å². The van der Waals surface area contributed by atoms with Crippen molar-refractivity contribution >= 4 is 11.6 Å². The fourth-order valence-electron chi connectivity index (χ4n) is 0.876. The monoisotopic (exact) mass is 199 g/mol. The summed E-state index contributed by atoms with van der Waals surface area (Å²) in [6, 6.07) is 7.48. The van der Waals surface area contributed by atoms with Gasteiger partial charge in [0.25, 0.3) is 0 Å². The predicted molar refractivity (Wildman–Crippen MR) is 55.2 cm³/mol. The predicted octanol–water partition coefficient (Wildman–Crippen LogP) is 2.46. The summed E-state index contributed by atoms with van der Waals surface area (Å²) in [5.41, 5.74) is 5.70. The minimum atomic E-state index is 0.0799. The Kier molecular flexibility index (Phi) is 4.06. The standard InChI is InChI=1S/C10H14ClNO/c1-2-8(12)7-13-10-6-4-3-5-9(10)11/h3-6,8H,2,7,12H2,1H3. The zero-order valence-electron chi connectivity index (χ0n) is 7.66. The van der Waals surface area contributed by atoms with Crippen molar-refractivity contribution in [2.45, 2.75) is 19.4 Å². The van der Waals surface area contributed by atoms with Crippen molar-refractivity contribution in [3.05, 3.63) is 29.3 Å². The summed E-state index contributed by atoms with van der Waals surface area (Å²) in [5, 5.41) is 0.630. The van der Waals surface area contributed by atoms with Gasteiger partial charge < -0.3 is 10.5 Å². The van der Waals surface area contributed by atoms with Crippen molar-refractivity contribution in [3.63, 3.8) is 0 Å². The van der Waals surface area contributed by atoms with Gasteiger partial charge in [0.1, 0.15) is 12.4 Å². The average molecular weight is 200 g/mol. The molecular weight excluding hydrogens is 186 g/mol. The van der Waals surface area contributed by atoms with E-state index in [0.717, 1.165) is 6.42 Å². The fourth-order valence-corrected chi connectivity index (χ4v) is 1.07. The maximum Gasteiger partial charge on any atom is 0.137 e. The van der Waals surface area contributed by atoms with Crippen LogP contribution < -0.4 is 10.5 Å². The summed E-state index contributed by atoms with van der Waals surface area (Å²) in [4.78, 5) is 0. The molecule has 0 amide bonds. The summed E-state index contributed by atoms with van der Waals surface area (Å²) in [5.74, 6) is 0.702. The smallest absolute Gasteiger partial charge is 0.137 e. The summed E-state index contributed by atoms with van der Waals surface area (Å²) >= 11 is 5.89. The van der Waals surface area contributed by atoms with Crippen molar-refractivity contribution in [1.82, 2.24) is 0 Å². The lowest BCUT2D eigenvalue weighted by molar-refractivity contribution is 0.285. The Morgan fingerprint density at radius 3 is 2.77 bits per heavy atom.